The van der Waals surface area contributed by atoms with Gasteiger partial charge in [0.15, 0.2) is 11.5 Å². The fourth-order valence-corrected chi connectivity index (χ4v) is 4.54. The van der Waals surface area contributed by atoms with Crippen molar-refractivity contribution in [3.63, 3.8) is 0 Å². The van der Waals surface area contributed by atoms with Gasteiger partial charge in [0.2, 0.25) is 10.0 Å². The molecule has 0 aliphatic heterocycles. The highest BCUT2D eigenvalue weighted by Gasteiger charge is 2.28. The van der Waals surface area contributed by atoms with Crippen LogP contribution in [0.25, 0.3) is 5.65 Å². The van der Waals surface area contributed by atoms with Gasteiger partial charge < -0.3 is 10.1 Å². The standard InChI is InChI=1S/C20H24ClN5O4S/c1-6-30-19(27)13-10-22-18-16(31(28,29)25-20(3,4)5)11-23-26(18)17(13)24-15-9-12(2)7-8-14(15)21/h7-11,24-25H,6H2,1-5H3. The summed E-state index contributed by atoms with van der Waals surface area (Å²) in [5, 5.41) is 7.69. The number of aryl methyl sites for hydroxylation is 1. The highest BCUT2D eigenvalue weighted by atomic mass is 35.5. The van der Waals surface area contributed by atoms with Gasteiger partial charge in [0.05, 0.1) is 23.5 Å². The number of esters is 1. The second-order valence-corrected chi connectivity index (χ2v) is 10.0. The molecule has 0 bridgehead atoms. The quantitative estimate of drug-likeness (QED) is 0.533. The Morgan fingerprint density at radius 2 is 1.97 bits per heavy atom. The number of sulfonamides is 1. The van der Waals surface area contributed by atoms with Crippen LogP contribution in [0.2, 0.25) is 5.02 Å². The second kappa shape index (κ2) is 8.45. The summed E-state index contributed by atoms with van der Waals surface area (Å²) >= 11 is 6.31. The van der Waals surface area contributed by atoms with Crippen molar-refractivity contribution >= 4 is 44.7 Å². The largest absolute Gasteiger partial charge is 0.462 e. The van der Waals surface area contributed by atoms with Gasteiger partial charge in [-0.25, -0.2) is 22.9 Å². The van der Waals surface area contributed by atoms with E-state index in [9.17, 15) is 13.2 Å². The van der Waals surface area contributed by atoms with Crippen LogP contribution >= 0.6 is 11.6 Å². The second-order valence-electron chi connectivity index (χ2n) is 7.95. The minimum absolute atomic E-state index is 0.0519. The maximum atomic E-state index is 12.9. The third kappa shape index (κ3) is 4.97. The molecule has 0 atom stereocenters. The SMILES string of the molecule is CCOC(=O)c1cnc2c(S(=O)(=O)NC(C)(C)C)cnn2c1Nc1cc(C)ccc1Cl. The Morgan fingerprint density at radius 1 is 1.26 bits per heavy atom. The van der Waals surface area contributed by atoms with Crippen molar-refractivity contribution in [2.75, 3.05) is 11.9 Å². The van der Waals surface area contributed by atoms with E-state index in [0.29, 0.717) is 10.7 Å². The summed E-state index contributed by atoms with van der Waals surface area (Å²) in [5.74, 6) is -0.441. The number of fused-ring (bicyclic) bond motifs is 1. The van der Waals surface area contributed by atoms with E-state index in [4.69, 9.17) is 16.3 Å². The van der Waals surface area contributed by atoms with Crippen LogP contribution < -0.4 is 10.0 Å². The molecule has 2 N–H and O–H groups in total. The van der Waals surface area contributed by atoms with Gasteiger partial charge in [-0.2, -0.15) is 9.61 Å². The molecule has 31 heavy (non-hydrogen) atoms. The zero-order valence-electron chi connectivity index (χ0n) is 17.9. The molecule has 0 aliphatic carbocycles. The Balaban J connectivity index is 2.21. The summed E-state index contributed by atoms with van der Waals surface area (Å²) < 4.78 is 34.7. The van der Waals surface area contributed by atoms with Gasteiger partial charge >= 0.3 is 5.97 Å². The summed E-state index contributed by atoms with van der Waals surface area (Å²) in [6.45, 7) is 8.94. The molecule has 0 aliphatic rings. The Hall–Kier alpha value is -2.69. The van der Waals surface area contributed by atoms with E-state index in [1.807, 2.05) is 13.0 Å². The number of hydrogen-bond acceptors (Lipinski definition) is 7. The molecule has 3 rings (SSSR count). The van der Waals surface area contributed by atoms with Gasteiger partial charge in [0, 0.05) is 11.7 Å². The topological polar surface area (TPSA) is 115 Å². The molecule has 0 fully saturated rings. The molecule has 0 amide bonds. The lowest BCUT2D eigenvalue weighted by atomic mass is 10.1. The Bertz CT molecular complexity index is 1250. The number of halogens is 1. The van der Waals surface area contributed by atoms with Crippen molar-refractivity contribution in [3.05, 3.63) is 46.7 Å². The molecule has 3 aromatic rings. The number of nitrogens with one attached hydrogen (secondary N) is 2. The monoisotopic (exact) mass is 465 g/mol. The molecule has 0 spiro atoms. The lowest BCUT2D eigenvalue weighted by Gasteiger charge is -2.19. The molecule has 0 saturated carbocycles. The molecular weight excluding hydrogens is 442 g/mol. The average Bonchev–Trinajstić information content (AvgIpc) is 3.08. The molecule has 9 nitrogen and oxygen atoms in total. The fraction of sp³-hybridized carbons (Fsp3) is 0.350. The van der Waals surface area contributed by atoms with Gasteiger partial charge in [0.1, 0.15) is 10.5 Å². The van der Waals surface area contributed by atoms with Crippen LogP contribution in [0.1, 0.15) is 43.6 Å². The normalized spacial score (nSPS) is 12.2. The summed E-state index contributed by atoms with van der Waals surface area (Å²) in [6.07, 6.45) is 2.45. The van der Waals surface area contributed by atoms with E-state index in [-0.39, 0.29) is 28.5 Å². The first-order valence-corrected chi connectivity index (χ1v) is 11.4. The van der Waals surface area contributed by atoms with E-state index >= 15 is 0 Å². The third-order valence-corrected chi connectivity index (χ3v) is 6.17. The molecule has 166 valence electrons. The third-order valence-electron chi connectivity index (χ3n) is 4.09. The lowest BCUT2D eigenvalue weighted by molar-refractivity contribution is 0.0526. The van der Waals surface area contributed by atoms with Gasteiger partial charge in [-0.3, -0.25) is 0 Å². The Kier molecular flexibility index (Phi) is 6.26. The van der Waals surface area contributed by atoms with Gasteiger partial charge in [0.25, 0.3) is 0 Å². The maximum Gasteiger partial charge on any atom is 0.343 e. The number of carbonyl (C=O) groups is 1. The van der Waals surface area contributed by atoms with Crippen LogP contribution in [-0.2, 0) is 14.8 Å². The van der Waals surface area contributed by atoms with Gasteiger partial charge in [-0.1, -0.05) is 17.7 Å². The number of benzene rings is 1. The van der Waals surface area contributed by atoms with Gasteiger partial charge in [-0.15, -0.1) is 0 Å². The van der Waals surface area contributed by atoms with Crippen LogP contribution in [0.15, 0.2) is 35.5 Å². The molecule has 2 aromatic heterocycles. The van der Waals surface area contributed by atoms with E-state index < -0.39 is 21.5 Å². The van der Waals surface area contributed by atoms with Crippen LogP contribution in [0.4, 0.5) is 11.5 Å². The van der Waals surface area contributed by atoms with Crippen LogP contribution in [-0.4, -0.2) is 41.1 Å². The maximum absolute atomic E-state index is 12.9. The van der Waals surface area contributed by atoms with Gasteiger partial charge in [-0.05, 0) is 52.3 Å². The number of anilines is 2. The minimum Gasteiger partial charge on any atom is -0.462 e. The first kappa shape index (κ1) is 23.0. The minimum atomic E-state index is -3.91. The zero-order chi connectivity index (χ0) is 23.0. The summed E-state index contributed by atoms with van der Waals surface area (Å²) in [5.41, 5.74) is 0.896. The number of rotatable bonds is 6. The lowest BCUT2D eigenvalue weighted by Crippen LogP contribution is -2.40. The van der Waals surface area contributed by atoms with Crippen molar-refractivity contribution in [1.29, 1.82) is 0 Å². The first-order valence-electron chi connectivity index (χ1n) is 9.54. The summed E-state index contributed by atoms with van der Waals surface area (Å²) in [7, 11) is -3.91. The molecular formula is C20H24ClN5O4S. The van der Waals surface area contributed by atoms with E-state index in [1.165, 1.54) is 16.9 Å². The van der Waals surface area contributed by atoms with E-state index in [2.05, 4.69) is 20.1 Å². The first-order chi connectivity index (χ1) is 14.4. The summed E-state index contributed by atoms with van der Waals surface area (Å²) in [6, 6.07) is 5.36. The molecule has 0 radical (unpaired) electrons. The highest BCUT2D eigenvalue weighted by molar-refractivity contribution is 7.89. The number of hydrogen-bond donors (Lipinski definition) is 2. The molecule has 2 heterocycles. The number of aromatic nitrogens is 3. The molecule has 0 unspecified atom stereocenters. The number of carbonyl (C=O) groups excluding carboxylic acids is 1. The molecule has 11 heteroatoms. The van der Waals surface area contributed by atoms with Crippen molar-refractivity contribution < 1.29 is 17.9 Å². The highest BCUT2D eigenvalue weighted by Crippen LogP contribution is 2.30. The van der Waals surface area contributed by atoms with Crippen molar-refractivity contribution in [2.45, 2.75) is 45.1 Å². The predicted molar refractivity (Wildman–Crippen MR) is 118 cm³/mol. The van der Waals surface area contributed by atoms with E-state index in [0.717, 1.165) is 5.56 Å². The van der Waals surface area contributed by atoms with Crippen LogP contribution in [0.5, 0.6) is 0 Å². The summed E-state index contributed by atoms with van der Waals surface area (Å²) in [4.78, 5) is 16.6. The van der Waals surface area contributed by atoms with Crippen molar-refractivity contribution in [2.24, 2.45) is 0 Å². The van der Waals surface area contributed by atoms with Crippen LogP contribution in [0.3, 0.4) is 0 Å². The fourth-order valence-electron chi connectivity index (χ4n) is 2.90. The molecule has 1 aromatic carbocycles. The average molecular weight is 466 g/mol. The number of nitrogens with zero attached hydrogens (tertiary/aromatic N) is 3. The van der Waals surface area contributed by atoms with Crippen molar-refractivity contribution in [3.8, 4) is 0 Å². The van der Waals surface area contributed by atoms with Crippen LogP contribution in [0, 0.1) is 6.92 Å². The Morgan fingerprint density at radius 3 is 2.61 bits per heavy atom. The Labute approximate surface area is 185 Å². The molecule has 0 saturated heterocycles. The smallest absolute Gasteiger partial charge is 0.343 e. The number of ether oxygens (including phenoxy) is 1. The van der Waals surface area contributed by atoms with E-state index in [1.54, 1.807) is 39.8 Å². The predicted octanol–water partition coefficient (Wildman–Crippen LogP) is 3.69. The zero-order valence-corrected chi connectivity index (χ0v) is 19.4. The van der Waals surface area contributed by atoms with Crippen molar-refractivity contribution in [1.82, 2.24) is 19.3 Å².